The van der Waals surface area contributed by atoms with E-state index in [4.69, 9.17) is 0 Å². The second-order valence-corrected chi connectivity index (χ2v) is 7.93. The summed E-state index contributed by atoms with van der Waals surface area (Å²) in [5.74, 6) is 2.88. The molecule has 2 aromatic rings. The molecule has 5 aliphatic carbocycles. The van der Waals surface area contributed by atoms with Crippen molar-refractivity contribution in [2.24, 2.45) is 11.8 Å². The van der Waals surface area contributed by atoms with E-state index in [-0.39, 0.29) is 17.5 Å². The number of fused-ring (bicyclic) bond motifs is 2. The Morgan fingerprint density at radius 3 is 2.29 bits per heavy atom. The van der Waals surface area contributed by atoms with Crippen molar-refractivity contribution in [3.63, 3.8) is 0 Å². The Kier molecular flexibility index (Phi) is 2.21. The van der Waals surface area contributed by atoms with Gasteiger partial charge in [-0.05, 0) is 73.1 Å². The highest BCUT2D eigenvalue weighted by Gasteiger charge is 2.58. The molecule has 122 valence electrons. The molecular weight excluding hydrogens is 302 g/mol. The number of hydrogen-bond donors (Lipinski definition) is 2. The molecular formula is C20H19NO3. The molecule has 0 spiro atoms. The maximum absolute atomic E-state index is 11.8. The molecule has 2 fully saturated rings. The minimum Gasteiger partial charge on any atom is -0.494 e. The molecule has 24 heavy (non-hydrogen) atoms. The van der Waals surface area contributed by atoms with E-state index in [1.165, 1.54) is 6.42 Å². The van der Waals surface area contributed by atoms with Crippen LogP contribution in [0, 0.1) is 11.8 Å². The van der Waals surface area contributed by atoms with Gasteiger partial charge in [0.1, 0.15) is 0 Å². The largest absolute Gasteiger partial charge is 0.494 e. The molecule has 2 bridgehead atoms. The highest BCUT2D eigenvalue weighted by Crippen LogP contribution is 2.70. The Bertz CT molecular complexity index is 886. The number of nitrogens with zero attached hydrogens (tertiary/aromatic N) is 1. The van der Waals surface area contributed by atoms with Gasteiger partial charge in [0.2, 0.25) is 11.8 Å². The van der Waals surface area contributed by atoms with Gasteiger partial charge in [-0.3, -0.25) is 9.36 Å². The number of Topliss-reactive ketones (excluding diaryl/α,β-unsaturated/α-hetero) is 1. The summed E-state index contributed by atoms with van der Waals surface area (Å²) >= 11 is 0. The zero-order valence-corrected chi connectivity index (χ0v) is 13.3. The van der Waals surface area contributed by atoms with Gasteiger partial charge in [-0.1, -0.05) is 0 Å². The van der Waals surface area contributed by atoms with Crippen LogP contribution in [-0.4, -0.2) is 20.6 Å². The van der Waals surface area contributed by atoms with Crippen molar-refractivity contribution in [1.82, 2.24) is 4.57 Å². The monoisotopic (exact) mass is 321 g/mol. The molecule has 1 aromatic carbocycles. The van der Waals surface area contributed by atoms with Gasteiger partial charge in [0.05, 0.1) is 5.69 Å². The number of carbonyl (C=O) groups excluding carboxylic acids is 1. The molecule has 4 nitrogen and oxygen atoms in total. The van der Waals surface area contributed by atoms with Crippen molar-refractivity contribution in [1.29, 1.82) is 0 Å². The first kappa shape index (κ1) is 13.1. The number of aromatic nitrogens is 1. The topological polar surface area (TPSA) is 62.5 Å². The minimum atomic E-state index is 0.190. The number of aryl methyl sites for hydroxylation is 1. The van der Waals surface area contributed by atoms with Gasteiger partial charge in [-0.25, -0.2) is 0 Å². The molecule has 4 heteroatoms. The van der Waals surface area contributed by atoms with Crippen LogP contribution >= 0.6 is 0 Å². The second-order valence-electron chi connectivity index (χ2n) is 7.93. The molecule has 0 amide bonds. The van der Waals surface area contributed by atoms with E-state index in [9.17, 15) is 15.0 Å². The SMILES string of the molecule is O=C1CCc2cc(-n3c(O)c4c(c3O)[C@@H]3CC[C@H]4[C@H]4C[C@H]43)ccc21. The summed E-state index contributed by atoms with van der Waals surface area (Å²) in [7, 11) is 0. The van der Waals surface area contributed by atoms with E-state index < -0.39 is 0 Å². The number of aromatic hydroxyl groups is 2. The molecule has 7 rings (SSSR count). The lowest BCUT2D eigenvalue weighted by atomic mass is 9.68. The van der Waals surface area contributed by atoms with E-state index in [0.717, 1.165) is 59.0 Å². The second kappa shape index (κ2) is 4.05. The summed E-state index contributed by atoms with van der Waals surface area (Å²) in [6.07, 6.45) is 4.83. The minimum absolute atomic E-state index is 0.190. The standard InChI is InChI=1S/C20H19NO3/c22-16-6-1-9-7-10(2-3-11(9)16)21-19(23)17-12-4-5-13(15-8-14(12)15)18(17)20(21)24/h2-3,7,12-15,23-24H,1,4-6,8H2/t12-,13+,14+,15-. The first-order valence-corrected chi connectivity index (χ1v) is 8.98. The predicted molar refractivity (Wildman–Crippen MR) is 88.1 cm³/mol. The van der Waals surface area contributed by atoms with Crippen LogP contribution in [0.5, 0.6) is 11.8 Å². The third-order valence-corrected chi connectivity index (χ3v) is 6.92. The first-order valence-electron chi connectivity index (χ1n) is 8.98. The molecule has 1 heterocycles. The Labute approximate surface area is 139 Å². The molecule has 2 N–H and O–H groups in total. The highest BCUT2D eigenvalue weighted by molar-refractivity contribution is 6.00. The quantitative estimate of drug-likeness (QED) is 0.843. The normalized spacial score (nSPS) is 31.8. The zero-order chi connectivity index (χ0) is 16.2. The third kappa shape index (κ3) is 1.39. The number of benzene rings is 1. The van der Waals surface area contributed by atoms with Gasteiger partial charge in [0, 0.05) is 23.1 Å². The Morgan fingerprint density at radius 2 is 1.62 bits per heavy atom. The summed E-state index contributed by atoms with van der Waals surface area (Å²) in [4.78, 5) is 11.8. The molecule has 0 radical (unpaired) electrons. The van der Waals surface area contributed by atoms with Crippen molar-refractivity contribution in [3.05, 3.63) is 40.5 Å². The third-order valence-electron chi connectivity index (χ3n) is 6.92. The predicted octanol–water partition coefficient (Wildman–Crippen LogP) is 3.63. The van der Waals surface area contributed by atoms with E-state index in [1.54, 1.807) is 4.57 Å². The number of carbonyl (C=O) groups is 1. The average Bonchev–Trinajstić information content (AvgIpc) is 3.28. The Morgan fingerprint density at radius 1 is 0.958 bits per heavy atom. The smallest absolute Gasteiger partial charge is 0.202 e. The molecule has 2 saturated carbocycles. The van der Waals surface area contributed by atoms with Crippen LogP contribution in [0.2, 0.25) is 0 Å². The van der Waals surface area contributed by atoms with Crippen LogP contribution in [0.4, 0.5) is 0 Å². The summed E-state index contributed by atoms with van der Waals surface area (Å²) in [5, 5.41) is 21.8. The molecule has 5 aliphatic rings. The highest BCUT2D eigenvalue weighted by atomic mass is 16.3. The maximum atomic E-state index is 11.8. The van der Waals surface area contributed by atoms with E-state index in [2.05, 4.69) is 0 Å². The average molecular weight is 321 g/mol. The lowest BCUT2D eigenvalue weighted by Gasteiger charge is -2.35. The zero-order valence-electron chi connectivity index (χ0n) is 13.3. The lowest BCUT2D eigenvalue weighted by molar-refractivity contribution is 0.0994. The molecule has 0 saturated heterocycles. The van der Waals surface area contributed by atoms with Gasteiger partial charge in [-0.15, -0.1) is 0 Å². The summed E-state index contributed by atoms with van der Waals surface area (Å²) in [5.41, 5.74) is 4.57. The van der Waals surface area contributed by atoms with Gasteiger partial charge in [0.25, 0.3) is 0 Å². The van der Waals surface area contributed by atoms with Gasteiger partial charge < -0.3 is 10.2 Å². The maximum Gasteiger partial charge on any atom is 0.202 e. The van der Waals surface area contributed by atoms with Crippen molar-refractivity contribution in [2.75, 3.05) is 0 Å². The Hall–Kier alpha value is -2.23. The molecule has 0 aliphatic heterocycles. The summed E-state index contributed by atoms with van der Waals surface area (Å²) < 4.78 is 1.60. The lowest BCUT2D eigenvalue weighted by Crippen LogP contribution is -2.22. The first-order chi connectivity index (χ1) is 11.6. The van der Waals surface area contributed by atoms with Gasteiger partial charge >= 0.3 is 0 Å². The van der Waals surface area contributed by atoms with Crippen LogP contribution < -0.4 is 0 Å². The van der Waals surface area contributed by atoms with Crippen LogP contribution in [0.15, 0.2) is 18.2 Å². The van der Waals surface area contributed by atoms with E-state index >= 15 is 0 Å². The van der Waals surface area contributed by atoms with Crippen LogP contribution in [-0.2, 0) is 6.42 Å². The Balaban J connectivity index is 1.56. The van der Waals surface area contributed by atoms with Gasteiger partial charge in [0.15, 0.2) is 5.78 Å². The van der Waals surface area contributed by atoms with Crippen molar-refractivity contribution in [3.8, 4) is 17.4 Å². The number of rotatable bonds is 1. The molecule has 4 atom stereocenters. The number of ketones is 1. The van der Waals surface area contributed by atoms with Crippen molar-refractivity contribution in [2.45, 2.75) is 43.9 Å². The summed E-state index contributed by atoms with van der Waals surface area (Å²) in [6.45, 7) is 0. The van der Waals surface area contributed by atoms with Crippen molar-refractivity contribution < 1.29 is 15.0 Å². The number of hydrogen-bond acceptors (Lipinski definition) is 3. The van der Waals surface area contributed by atoms with Crippen LogP contribution in [0.25, 0.3) is 5.69 Å². The fourth-order valence-corrected chi connectivity index (χ4v) is 5.80. The van der Waals surface area contributed by atoms with E-state index in [0.29, 0.717) is 18.3 Å². The fraction of sp³-hybridized carbons (Fsp3) is 0.450. The van der Waals surface area contributed by atoms with Crippen LogP contribution in [0.1, 0.15) is 64.6 Å². The van der Waals surface area contributed by atoms with Crippen LogP contribution in [0.3, 0.4) is 0 Å². The van der Waals surface area contributed by atoms with Crippen molar-refractivity contribution >= 4 is 5.78 Å². The van der Waals surface area contributed by atoms with E-state index in [1.807, 2.05) is 18.2 Å². The fourth-order valence-electron chi connectivity index (χ4n) is 5.80. The summed E-state index contributed by atoms with van der Waals surface area (Å²) in [6, 6.07) is 5.63. The molecule has 0 unspecified atom stereocenters. The molecule has 1 aromatic heterocycles. The van der Waals surface area contributed by atoms with Gasteiger partial charge in [-0.2, -0.15) is 0 Å².